The van der Waals surface area contributed by atoms with Crippen LogP contribution in [0.1, 0.15) is 32.2 Å². The van der Waals surface area contributed by atoms with Gasteiger partial charge in [-0.05, 0) is 25.1 Å². The van der Waals surface area contributed by atoms with Crippen molar-refractivity contribution in [2.45, 2.75) is 33.1 Å². The van der Waals surface area contributed by atoms with Crippen LogP contribution in [0.4, 0.5) is 4.39 Å². The summed E-state index contributed by atoms with van der Waals surface area (Å²) in [7, 11) is 0. The van der Waals surface area contributed by atoms with Crippen molar-refractivity contribution in [3.63, 3.8) is 0 Å². The van der Waals surface area contributed by atoms with Gasteiger partial charge in [0.05, 0.1) is 10.7 Å². The quantitative estimate of drug-likeness (QED) is 0.733. The molecule has 1 aromatic carbocycles. The highest BCUT2D eigenvalue weighted by Gasteiger charge is 2.19. The molecule has 5 heteroatoms. The van der Waals surface area contributed by atoms with Crippen molar-refractivity contribution in [1.82, 2.24) is 9.97 Å². The van der Waals surface area contributed by atoms with E-state index in [2.05, 4.69) is 9.97 Å². The molecule has 20 heavy (non-hydrogen) atoms. The molecule has 0 bridgehead atoms. The largest absolute Gasteiger partial charge is 0.342 e. The molecule has 1 aromatic heterocycles. The summed E-state index contributed by atoms with van der Waals surface area (Å²) in [6, 6.07) is 4.28. The minimum absolute atomic E-state index is 0.185. The number of nitrogens with one attached hydrogen (secondary N) is 1. The van der Waals surface area contributed by atoms with Crippen molar-refractivity contribution in [2.75, 3.05) is 0 Å². The first-order valence-corrected chi connectivity index (χ1v) is 7.05. The van der Waals surface area contributed by atoms with E-state index < -0.39 is 0 Å². The SMILES string of the molecule is Cc1c(-c2cc(F)ccc2Cl)[nH]c(C(C)(C)C)nc1=S. The molecule has 106 valence electrons. The standard InChI is InChI=1S/C15H16ClFN2S/c1-8-12(10-7-9(17)5-6-11(10)16)18-14(15(2,3)4)19-13(8)20/h5-7H,1-4H3,(H,18,19,20). The minimum atomic E-state index is -0.336. The molecule has 0 saturated carbocycles. The predicted octanol–water partition coefficient (Wildman–Crippen LogP) is 5.20. The number of H-pyrrole nitrogens is 1. The van der Waals surface area contributed by atoms with Crippen molar-refractivity contribution in [1.29, 1.82) is 0 Å². The van der Waals surface area contributed by atoms with E-state index in [4.69, 9.17) is 23.8 Å². The van der Waals surface area contributed by atoms with Gasteiger partial charge >= 0.3 is 0 Å². The monoisotopic (exact) mass is 310 g/mol. The summed E-state index contributed by atoms with van der Waals surface area (Å²) in [4.78, 5) is 7.65. The van der Waals surface area contributed by atoms with Gasteiger partial charge in [-0.3, -0.25) is 0 Å². The van der Waals surface area contributed by atoms with Gasteiger partial charge in [-0.25, -0.2) is 9.37 Å². The number of aromatic amines is 1. The maximum atomic E-state index is 13.5. The smallest absolute Gasteiger partial charge is 0.133 e. The van der Waals surface area contributed by atoms with Gasteiger partial charge in [0, 0.05) is 16.5 Å². The van der Waals surface area contributed by atoms with Crippen molar-refractivity contribution in [3.8, 4) is 11.3 Å². The second kappa shape index (κ2) is 5.26. The average Bonchev–Trinajstić information content (AvgIpc) is 2.34. The molecular formula is C15H16ClFN2S. The van der Waals surface area contributed by atoms with Crippen LogP contribution in [0.25, 0.3) is 11.3 Å². The van der Waals surface area contributed by atoms with Gasteiger partial charge in [0.2, 0.25) is 0 Å². The summed E-state index contributed by atoms with van der Waals surface area (Å²) < 4.78 is 14.0. The van der Waals surface area contributed by atoms with Crippen LogP contribution in [-0.4, -0.2) is 9.97 Å². The van der Waals surface area contributed by atoms with Crippen molar-refractivity contribution in [3.05, 3.63) is 45.1 Å². The van der Waals surface area contributed by atoms with Gasteiger partial charge in [-0.1, -0.05) is 44.6 Å². The summed E-state index contributed by atoms with van der Waals surface area (Å²) in [5, 5.41) is 0.478. The third kappa shape index (κ3) is 2.91. The first kappa shape index (κ1) is 15.1. The molecule has 0 aliphatic rings. The molecule has 2 rings (SSSR count). The van der Waals surface area contributed by atoms with Crippen LogP contribution < -0.4 is 0 Å². The zero-order chi connectivity index (χ0) is 15.1. The Kier molecular flexibility index (Phi) is 3.98. The van der Waals surface area contributed by atoms with Crippen molar-refractivity contribution in [2.24, 2.45) is 0 Å². The Hall–Kier alpha value is -1.26. The molecule has 0 amide bonds. The van der Waals surface area contributed by atoms with Crippen LogP contribution in [-0.2, 0) is 5.41 Å². The lowest BCUT2D eigenvalue weighted by atomic mass is 9.95. The molecule has 0 aliphatic heterocycles. The molecule has 2 aromatic rings. The molecule has 1 heterocycles. The molecule has 0 atom stereocenters. The first-order chi connectivity index (χ1) is 9.20. The Bertz CT molecular complexity index is 717. The molecule has 0 radical (unpaired) electrons. The number of aromatic nitrogens is 2. The van der Waals surface area contributed by atoms with E-state index in [1.807, 2.05) is 27.7 Å². The second-order valence-electron chi connectivity index (χ2n) is 5.76. The predicted molar refractivity (Wildman–Crippen MR) is 83.3 cm³/mol. The zero-order valence-electron chi connectivity index (χ0n) is 11.8. The molecule has 1 N–H and O–H groups in total. The van der Waals surface area contributed by atoms with E-state index in [0.717, 1.165) is 17.1 Å². The number of hydrogen-bond donors (Lipinski definition) is 1. The fourth-order valence-electron chi connectivity index (χ4n) is 1.85. The lowest BCUT2D eigenvalue weighted by Gasteiger charge is -2.20. The van der Waals surface area contributed by atoms with E-state index in [9.17, 15) is 4.39 Å². The van der Waals surface area contributed by atoms with Gasteiger partial charge in [0.15, 0.2) is 0 Å². The molecule has 0 saturated heterocycles. The molecular weight excluding hydrogens is 295 g/mol. The number of rotatable bonds is 1. The van der Waals surface area contributed by atoms with Crippen LogP contribution in [0.15, 0.2) is 18.2 Å². The number of nitrogens with zero attached hydrogens (tertiary/aromatic N) is 1. The highest BCUT2D eigenvalue weighted by atomic mass is 35.5. The van der Waals surface area contributed by atoms with E-state index in [1.54, 1.807) is 6.07 Å². The Morgan fingerprint density at radius 2 is 1.95 bits per heavy atom. The summed E-state index contributed by atoms with van der Waals surface area (Å²) in [5.41, 5.74) is 1.93. The molecule has 0 fully saturated rings. The van der Waals surface area contributed by atoms with E-state index in [1.165, 1.54) is 12.1 Å². The summed E-state index contributed by atoms with van der Waals surface area (Å²) >= 11 is 11.5. The van der Waals surface area contributed by atoms with E-state index in [-0.39, 0.29) is 11.2 Å². The van der Waals surface area contributed by atoms with Crippen molar-refractivity contribution >= 4 is 23.8 Å². The normalized spacial score (nSPS) is 11.7. The Labute approximate surface area is 128 Å². The van der Waals surface area contributed by atoms with Crippen LogP contribution in [0.3, 0.4) is 0 Å². The fraction of sp³-hybridized carbons (Fsp3) is 0.333. The topological polar surface area (TPSA) is 28.7 Å². The number of halogens is 2. The van der Waals surface area contributed by atoms with E-state index >= 15 is 0 Å². The molecule has 0 aliphatic carbocycles. The molecule has 0 unspecified atom stereocenters. The summed E-state index contributed by atoms with van der Waals surface area (Å²) in [5.74, 6) is 0.417. The van der Waals surface area contributed by atoms with Gasteiger partial charge in [-0.15, -0.1) is 0 Å². The second-order valence-corrected chi connectivity index (χ2v) is 6.56. The maximum Gasteiger partial charge on any atom is 0.133 e. The van der Waals surface area contributed by atoms with Crippen LogP contribution in [0.5, 0.6) is 0 Å². The minimum Gasteiger partial charge on any atom is -0.342 e. The fourth-order valence-corrected chi connectivity index (χ4v) is 2.25. The van der Waals surface area contributed by atoms with Crippen LogP contribution in [0.2, 0.25) is 5.02 Å². The van der Waals surface area contributed by atoms with Gasteiger partial charge in [0.1, 0.15) is 16.3 Å². The highest BCUT2D eigenvalue weighted by Crippen LogP contribution is 2.31. The number of hydrogen-bond acceptors (Lipinski definition) is 2. The van der Waals surface area contributed by atoms with Gasteiger partial charge in [0.25, 0.3) is 0 Å². The Balaban J connectivity index is 2.77. The first-order valence-electron chi connectivity index (χ1n) is 6.27. The van der Waals surface area contributed by atoms with Crippen LogP contribution in [0, 0.1) is 17.4 Å². The van der Waals surface area contributed by atoms with Crippen LogP contribution >= 0.6 is 23.8 Å². The third-order valence-corrected chi connectivity index (χ3v) is 3.79. The number of benzene rings is 1. The Morgan fingerprint density at radius 1 is 1.30 bits per heavy atom. The lowest BCUT2D eigenvalue weighted by molar-refractivity contribution is 0.544. The Morgan fingerprint density at radius 3 is 2.55 bits per heavy atom. The highest BCUT2D eigenvalue weighted by molar-refractivity contribution is 7.71. The van der Waals surface area contributed by atoms with E-state index in [0.29, 0.717) is 15.2 Å². The maximum absolute atomic E-state index is 13.5. The van der Waals surface area contributed by atoms with Gasteiger partial charge < -0.3 is 4.98 Å². The zero-order valence-corrected chi connectivity index (χ0v) is 13.4. The summed E-state index contributed by atoms with van der Waals surface area (Å²) in [6.45, 7) is 7.96. The van der Waals surface area contributed by atoms with Crippen molar-refractivity contribution < 1.29 is 4.39 Å². The average molecular weight is 311 g/mol. The van der Waals surface area contributed by atoms with Gasteiger partial charge in [-0.2, -0.15) is 0 Å². The lowest BCUT2D eigenvalue weighted by Crippen LogP contribution is -2.17. The third-order valence-electron chi connectivity index (χ3n) is 3.06. The molecule has 2 nitrogen and oxygen atoms in total. The molecule has 0 spiro atoms. The summed E-state index contributed by atoms with van der Waals surface area (Å²) in [6.07, 6.45) is 0.